The summed E-state index contributed by atoms with van der Waals surface area (Å²) in [5, 5.41) is 2.98. The predicted molar refractivity (Wildman–Crippen MR) is 122 cm³/mol. The Morgan fingerprint density at radius 1 is 1.22 bits per heavy atom. The van der Waals surface area contributed by atoms with Crippen molar-refractivity contribution in [2.75, 3.05) is 11.9 Å². The highest BCUT2D eigenvalue weighted by molar-refractivity contribution is 6.06. The lowest BCUT2D eigenvalue weighted by Gasteiger charge is -2.17. The molecule has 2 N–H and O–H groups in total. The molecule has 0 unspecified atom stereocenters. The number of nitrogens with zero attached hydrogens (tertiary/aromatic N) is 2. The maximum atomic E-state index is 14.3. The SMILES string of the molecule is Cc1c(-c2nc3ccccc3[nH]2)c(NC(=O)c2ccccc2F)n(C[C@@H]2CCCO2)c1C. The zero-order valence-corrected chi connectivity index (χ0v) is 18.1. The molecule has 5 rings (SSSR count). The fourth-order valence-corrected chi connectivity index (χ4v) is 4.39. The molecule has 0 bridgehead atoms. The standard InChI is InChI=1S/C25H25FN4O2/c1-15-16(2)30(14-17-8-7-13-32-17)24(29-25(31)18-9-3-4-10-19(18)26)22(15)23-27-20-11-5-6-12-21(20)28-23/h3-6,9-12,17H,7-8,13-14H2,1-2H3,(H,27,28)(H,29,31)/t17-/m0/s1. The number of rotatable bonds is 5. The molecule has 0 radical (unpaired) electrons. The second kappa shape index (κ2) is 8.24. The van der Waals surface area contributed by atoms with Crippen LogP contribution in [0.15, 0.2) is 48.5 Å². The lowest BCUT2D eigenvalue weighted by molar-refractivity contribution is 0.0961. The molecule has 1 atom stereocenters. The van der Waals surface area contributed by atoms with Crippen molar-refractivity contribution < 1.29 is 13.9 Å². The third-order valence-corrected chi connectivity index (χ3v) is 6.22. The number of H-pyrrole nitrogens is 1. The minimum atomic E-state index is -0.555. The van der Waals surface area contributed by atoms with Gasteiger partial charge in [0.25, 0.3) is 5.91 Å². The van der Waals surface area contributed by atoms with Crippen LogP contribution in [0.3, 0.4) is 0 Å². The molecule has 32 heavy (non-hydrogen) atoms. The molecule has 164 valence electrons. The first kappa shape index (κ1) is 20.5. The Hall–Kier alpha value is -3.45. The number of hydrogen-bond acceptors (Lipinski definition) is 3. The van der Waals surface area contributed by atoms with E-state index < -0.39 is 11.7 Å². The van der Waals surface area contributed by atoms with E-state index in [1.165, 1.54) is 12.1 Å². The number of hydrogen-bond donors (Lipinski definition) is 2. The molecule has 0 spiro atoms. The molecular formula is C25H25FN4O2. The number of fused-ring (bicyclic) bond motifs is 1. The van der Waals surface area contributed by atoms with Gasteiger partial charge in [0.1, 0.15) is 17.5 Å². The van der Waals surface area contributed by atoms with Crippen LogP contribution in [-0.4, -0.2) is 33.2 Å². The summed E-state index contributed by atoms with van der Waals surface area (Å²) in [5.74, 6) is 0.219. The van der Waals surface area contributed by atoms with Crippen LogP contribution in [0.4, 0.5) is 10.2 Å². The predicted octanol–water partition coefficient (Wildman–Crippen LogP) is 5.22. The van der Waals surface area contributed by atoms with E-state index in [1.54, 1.807) is 12.1 Å². The third-order valence-electron chi connectivity index (χ3n) is 6.22. The van der Waals surface area contributed by atoms with Gasteiger partial charge >= 0.3 is 0 Å². The van der Waals surface area contributed by atoms with E-state index in [2.05, 4.69) is 14.9 Å². The van der Waals surface area contributed by atoms with Crippen molar-refractivity contribution in [3.8, 4) is 11.4 Å². The van der Waals surface area contributed by atoms with E-state index in [9.17, 15) is 9.18 Å². The van der Waals surface area contributed by atoms with Gasteiger partial charge < -0.3 is 19.6 Å². The van der Waals surface area contributed by atoms with Crippen molar-refractivity contribution in [2.24, 2.45) is 0 Å². The first-order chi connectivity index (χ1) is 15.5. The average Bonchev–Trinajstić information content (AvgIpc) is 3.50. The fraction of sp³-hybridized carbons (Fsp3) is 0.280. The summed E-state index contributed by atoms with van der Waals surface area (Å²) < 4.78 is 22.2. The van der Waals surface area contributed by atoms with Crippen LogP contribution in [-0.2, 0) is 11.3 Å². The van der Waals surface area contributed by atoms with E-state index in [0.717, 1.165) is 47.3 Å². The summed E-state index contributed by atoms with van der Waals surface area (Å²) in [7, 11) is 0. The van der Waals surface area contributed by atoms with Gasteiger partial charge in [-0.15, -0.1) is 0 Å². The maximum Gasteiger partial charge on any atom is 0.259 e. The van der Waals surface area contributed by atoms with Gasteiger partial charge in [-0.05, 0) is 56.5 Å². The molecule has 0 saturated carbocycles. The van der Waals surface area contributed by atoms with Gasteiger partial charge in [0.05, 0.1) is 34.8 Å². The lowest BCUT2D eigenvalue weighted by atomic mass is 10.1. The van der Waals surface area contributed by atoms with E-state index in [-0.39, 0.29) is 11.7 Å². The fourth-order valence-electron chi connectivity index (χ4n) is 4.39. The molecule has 2 aromatic carbocycles. The van der Waals surface area contributed by atoms with Gasteiger partial charge in [0.15, 0.2) is 0 Å². The van der Waals surface area contributed by atoms with Crippen molar-refractivity contribution in [3.63, 3.8) is 0 Å². The smallest absolute Gasteiger partial charge is 0.259 e. The molecule has 7 heteroatoms. The number of benzene rings is 2. The number of nitrogens with one attached hydrogen (secondary N) is 2. The van der Waals surface area contributed by atoms with Crippen molar-refractivity contribution >= 4 is 22.8 Å². The lowest BCUT2D eigenvalue weighted by Crippen LogP contribution is -2.21. The number of imidazole rings is 1. The summed E-state index contributed by atoms with van der Waals surface area (Å²) in [6.45, 7) is 5.40. The number of carbonyl (C=O) groups is 1. The van der Waals surface area contributed by atoms with E-state index in [1.807, 2.05) is 38.1 Å². The monoisotopic (exact) mass is 432 g/mol. The second-order valence-electron chi connectivity index (χ2n) is 8.22. The van der Waals surface area contributed by atoms with Crippen LogP contribution in [0.25, 0.3) is 22.4 Å². The maximum absolute atomic E-state index is 14.3. The van der Waals surface area contributed by atoms with Crippen LogP contribution < -0.4 is 5.32 Å². The van der Waals surface area contributed by atoms with Gasteiger partial charge in [-0.25, -0.2) is 9.37 Å². The highest BCUT2D eigenvalue weighted by Gasteiger charge is 2.27. The van der Waals surface area contributed by atoms with Gasteiger partial charge in [0, 0.05) is 12.3 Å². The number of aromatic amines is 1. The number of ether oxygens (including phenoxy) is 1. The van der Waals surface area contributed by atoms with Crippen LogP contribution in [0.1, 0.15) is 34.5 Å². The minimum Gasteiger partial charge on any atom is -0.376 e. The Bertz CT molecular complexity index is 1270. The number of halogens is 1. The number of aromatic nitrogens is 3. The van der Waals surface area contributed by atoms with Gasteiger partial charge in [0.2, 0.25) is 0 Å². The zero-order valence-electron chi connectivity index (χ0n) is 18.1. The molecule has 1 saturated heterocycles. The summed E-state index contributed by atoms with van der Waals surface area (Å²) in [6, 6.07) is 13.8. The number of anilines is 1. The Balaban J connectivity index is 1.63. The third kappa shape index (κ3) is 3.58. The zero-order chi connectivity index (χ0) is 22.2. The van der Waals surface area contributed by atoms with Crippen LogP contribution in [0, 0.1) is 19.7 Å². The van der Waals surface area contributed by atoms with Crippen molar-refractivity contribution in [2.45, 2.75) is 39.3 Å². The summed E-state index contributed by atoms with van der Waals surface area (Å²) in [5.41, 5.74) is 4.59. The van der Waals surface area contributed by atoms with Gasteiger partial charge in [-0.1, -0.05) is 24.3 Å². The normalized spacial score (nSPS) is 16.0. The largest absolute Gasteiger partial charge is 0.376 e. The van der Waals surface area contributed by atoms with E-state index in [4.69, 9.17) is 9.72 Å². The van der Waals surface area contributed by atoms with Crippen molar-refractivity contribution in [1.82, 2.24) is 14.5 Å². The Morgan fingerprint density at radius 2 is 2.00 bits per heavy atom. The number of amides is 1. The van der Waals surface area contributed by atoms with Crippen molar-refractivity contribution in [1.29, 1.82) is 0 Å². The van der Waals surface area contributed by atoms with Crippen LogP contribution in [0.5, 0.6) is 0 Å². The number of para-hydroxylation sites is 2. The first-order valence-corrected chi connectivity index (χ1v) is 10.8. The Kier molecular flexibility index (Phi) is 5.27. The van der Waals surface area contributed by atoms with Crippen LogP contribution in [0.2, 0.25) is 0 Å². The molecule has 3 heterocycles. The minimum absolute atomic E-state index is 0.00299. The summed E-state index contributed by atoms with van der Waals surface area (Å²) in [4.78, 5) is 21.2. The quantitative estimate of drug-likeness (QED) is 0.454. The van der Waals surface area contributed by atoms with Gasteiger partial charge in [-0.2, -0.15) is 0 Å². The molecular weight excluding hydrogens is 407 g/mol. The molecule has 0 aliphatic carbocycles. The molecule has 1 aliphatic rings. The molecule has 1 aliphatic heterocycles. The Morgan fingerprint density at radius 3 is 2.75 bits per heavy atom. The highest BCUT2D eigenvalue weighted by Crippen LogP contribution is 2.37. The summed E-state index contributed by atoms with van der Waals surface area (Å²) >= 11 is 0. The molecule has 1 amide bonds. The average molecular weight is 432 g/mol. The Labute approximate surface area is 185 Å². The molecule has 1 fully saturated rings. The van der Waals surface area contributed by atoms with Crippen LogP contribution >= 0.6 is 0 Å². The molecule has 6 nitrogen and oxygen atoms in total. The van der Waals surface area contributed by atoms with E-state index >= 15 is 0 Å². The molecule has 4 aromatic rings. The van der Waals surface area contributed by atoms with Gasteiger partial charge in [-0.3, -0.25) is 4.79 Å². The molecule has 2 aromatic heterocycles. The highest BCUT2D eigenvalue weighted by atomic mass is 19.1. The summed E-state index contributed by atoms with van der Waals surface area (Å²) in [6.07, 6.45) is 2.07. The second-order valence-corrected chi connectivity index (χ2v) is 8.22. The topological polar surface area (TPSA) is 71.9 Å². The number of carbonyl (C=O) groups excluding carboxylic acids is 1. The van der Waals surface area contributed by atoms with E-state index in [0.29, 0.717) is 18.2 Å². The van der Waals surface area contributed by atoms with Crippen molar-refractivity contribution in [3.05, 3.63) is 71.2 Å². The first-order valence-electron chi connectivity index (χ1n) is 10.8.